The number of pyridine rings is 1. The smallest absolute Gasteiger partial charge is 0.0375 e. The van der Waals surface area contributed by atoms with E-state index in [-0.39, 0.29) is 0 Å². The van der Waals surface area contributed by atoms with Gasteiger partial charge in [0.1, 0.15) is 0 Å². The first-order valence-electron chi connectivity index (χ1n) is 15.3. The number of nitrogens with two attached hydrogens (primary N) is 1. The third-order valence-electron chi connectivity index (χ3n) is 8.49. The Morgan fingerprint density at radius 1 is 1.21 bits per heavy atom. The van der Waals surface area contributed by atoms with Crippen molar-refractivity contribution in [3.05, 3.63) is 63.5 Å². The molecule has 0 bridgehead atoms. The van der Waals surface area contributed by atoms with Crippen molar-refractivity contribution >= 4 is 0 Å². The van der Waals surface area contributed by atoms with E-state index in [9.17, 15) is 0 Å². The third kappa shape index (κ3) is 10.8. The predicted octanol–water partition coefficient (Wildman–Crippen LogP) is 7.71. The Kier molecular flexibility index (Phi) is 14.6. The van der Waals surface area contributed by atoms with Crippen molar-refractivity contribution in [1.29, 1.82) is 0 Å². The SMILES string of the molecule is CC1=CCCC(C)=C1CN1CCCC(NC/C(=C(/C)CCCN)C(C)c2ccnc(C)c2)C1.CCC(C)C. The van der Waals surface area contributed by atoms with Gasteiger partial charge < -0.3 is 11.1 Å². The summed E-state index contributed by atoms with van der Waals surface area (Å²) < 4.78 is 0. The molecule has 0 saturated carbocycles. The number of likely N-dealkylation sites (tertiary alicyclic amines) is 1. The molecular formula is C34H58N4. The topological polar surface area (TPSA) is 54.2 Å². The Hall–Kier alpha value is -1.75. The monoisotopic (exact) mass is 522 g/mol. The number of aryl methyl sites for hydroxylation is 1. The zero-order chi connectivity index (χ0) is 28.1. The molecule has 2 aliphatic rings. The van der Waals surface area contributed by atoms with Crippen molar-refractivity contribution in [2.75, 3.05) is 32.7 Å². The largest absolute Gasteiger partial charge is 0.330 e. The molecular weight excluding hydrogens is 464 g/mol. The van der Waals surface area contributed by atoms with Gasteiger partial charge in [0.2, 0.25) is 0 Å². The van der Waals surface area contributed by atoms with E-state index in [0.717, 1.165) is 50.6 Å². The Labute approximate surface area is 235 Å². The Morgan fingerprint density at radius 3 is 2.58 bits per heavy atom. The van der Waals surface area contributed by atoms with E-state index < -0.39 is 0 Å². The van der Waals surface area contributed by atoms with Gasteiger partial charge in [-0.25, -0.2) is 0 Å². The van der Waals surface area contributed by atoms with Gasteiger partial charge in [-0.1, -0.05) is 62.5 Å². The summed E-state index contributed by atoms with van der Waals surface area (Å²) in [4.78, 5) is 7.07. The summed E-state index contributed by atoms with van der Waals surface area (Å²) in [5, 5.41) is 3.96. The summed E-state index contributed by atoms with van der Waals surface area (Å²) in [6.45, 7) is 23.2. The van der Waals surface area contributed by atoms with Crippen LogP contribution in [-0.4, -0.2) is 48.6 Å². The molecule has 1 fully saturated rings. The van der Waals surface area contributed by atoms with Gasteiger partial charge in [0.25, 0.3) is 0 Å². The van der Waals surface area contributed by atoms with Crippen LogP contribution in [0, 0.1) is 12.8 Å². The fourth-order valence-electron chi connectivity index (χ4n) is 5.46. The zero-order valence-electron chi connectivity index (χ0n) is 26.0. The summed E-state index contributed by atoms with van der Waals surface area (Å²) >= 11 is 0. The van der Waals surface area contributed by atoms with Gasteiger partial charge in [-0.05, 0) is 108 Å². The Bertz CT molecular complexity index is 940. The van der Waals surface area contributed by atoms with Crippen molar-refractivity contribution in [2.24, 2.45) is 11.7 Å². The summed E-state index contributed by atoms with van der Waals surface area (Å²) in [5.41, 5.74) is 16.0. The summed E-state index contributed by atoms with van der Waals surface area (Å²) in [6.07, 6.45) is 12.8. The molecule has 2 heterocycles. The van der Waals surface area contributed by atoms with Gasteiger partial charge in [0.15, 0.2) is 0 Å². The lowest BCUT2D eigenvalue weighted by molar-refractivity contribution is 0.206. The molecule has 0 radical (unpaired) electrons. The first kappa shape index (κ1) is 32.5. The minimum atomic E-state index is 0.388. The molecule has 2 unspecified atom stereocenters. The minimum absolute atomic E-state index is 0.388. The maximum Gasteiger partial charge on any atom is 0.0375 e. The average Bonchev–Trinajstić information content (AvgIpc) is 2.90. The van der Waals surface area contributed by atoms with Crippen molar-refractivity contribution < 1.29 is 0 Å². The Balaban J connectivity index is 0.000000926. The van der Waals surface area contributed by atoms with Gasteiger partial charge in [0, 0.05) is 43.5 Å². The molecule has 214 valence electrons. The molecule has 1 aromatic heterocycles. The maximum atomic E-state index is 5.83. The number of allylic oxidation sites excluding steroid dienone is 3. The van der Waals surface area contributed by atoms with Crippen LogP contribution in [0.1, 0.15) is 111 Å². The van der Waals surface area contributed by atoms with Crippen LogP contribution in [0.15, 0.2) is 52.3 Å². The van der Waals surface area contributed by atoms with Crippen LogP contribution < -0.4 is 11.1 Å². The highest BCUT2D eigenvalue weighted by molar-refractivity contribution is 5.37. The average molecular weight is 523 g/mol. The van der Waals surface area contributed by atoms with E-state index >= 15 is 0 Å². The van der Waals surface area contributed by atoms with Gasteiger partial charge >= 0.3 is 0 Å². The lowest BCUT2D eigenvalue weighted by Gasteiger charge is -2.35. The van der Waals surface area contributed by atoms with Crippen LogP contribution in [0.25, 0.3) is 0 Å². The van der Waals surface area contributed by atoms with Crippen LogP contribution >= 0.6 is 0 Å². The van der Waals surface area contributed by atoms with Crippen LogP contribution in [0.3, 0.4) is 0 Å². The number of rotatable bonds is 11. The van der Waals surface area contributed by atoms with E-state index in [1.54, 1.807) is 11.1 Å². The van der Waals surface area contributed by atoms with E-state index in [0.29, 0.717) is 12.0 Å². The number of hydrogen-bond acceptors (Lipinski definition) is 4. The second-order valence-corrected chi connectivity index (χ2v) is 12.1. The zero-order valence-corrected chi connectivity index (χ0v) is 26.0. The third-order valence-corrected chi connectivity index (χ3v) is 8.49. The molecule has 3 rings (SSSR count). The molecule has 3 N–H and O–H groups in total. The predicted molar refractivity (Wildman–Crippen MR) is 167 cm³/mol. The number of piperidine rings is 1. The normalized spacial score (nSPS) is 20.1. The van der Waals surface area contributed by atoms with Crippen LogP contribution in [0.2, 0.25) is 0 Å². The van der Waals surface area contributed by atoms with Crippen LogP contribution in [-0.2, 0) is 0 Å². The van der Waals surface area contributed by atoms with Gasteiger partial charge in [-0.3, -0.25) is 9.88 Å². The van der Waals surface area contributed by atoms with Crippen molar-refractivity contribution in [3.63, 3.8) is 0 Å². The van der Waals surface area contributed by atoms with E-state index in [2.05, 4.69) is 88.8 Å². The molecule has 4 heteroatoms. The molecule has 38 heavy (non-hydrogen) atoms. The molecule has 0 spiro atoms. The van der Waals surface area contributed by atoms with Crippen LogP contribution in [0.4, 0.5) is 0 Å². The Morgan fingerprint density at radius 2 is 1.95 bits per heavy atom. The van der Waals surface area contributed by atoms with Gasteiger partial charge in [0.05, 0.1) is 0 Å². The molecule has 4 nitrogen and oxygen atoms in total. The molecule has 1 saturated heterocycles. The van der Waals surface area contributed by atoms with Crippen molar-refractivity contribution in [3.8, 4) is 0 Å². The summed E-state index contributed by atoms with van der Waals surface area (Å²) in [5.74, 6) is 1.27. The first-order valence-corrected chi connectivity index (χ1v) is 15.3. The second-order valence-electron chi connectivity index (χ2n) is 12.1. The van der Waals surface area contributed by atoms with Gasteiger partial charge in [-0.15, -0.1) is 0 Å². The number of nitrogens with one attached hydrogen (secondary N) is 1. The quantitative estimate of drug-likeness (QED) is 0.292. The fraction of sp³-hybridized carbons (Fsp3) is 0.676. The number of aromatic nitrogens is 1. The molecule has 1 aliphatic heterocycles. The fourth-order valence-corrected chi connectivity index (χ4v) is 5.46. The van der Waals surface area contributed by atoms with E-state index in [4.69, 9.17) is 5.73 Å². The van der Waals surface area contributed by atoms with Crippen molar-refractivity contribution in [2.45, 2.75) is 112 Å². The molecule has 1 aliphatic carbocycles. The lowest BCUT2D eigenvalue weighted by Crippen LogP contribution is -2.47. The number of nitrogens with zero attached hydrogens (tertiary/aromatic N) is 2. The molecule has 0 amide bonds. The molecule has 1 aromatic rings. The maximum absolute atomic E-state index is 5.83. The highest BCUT2D eigenvalue weighted by Gasteiger charge is 2.23. The standard InChI is InChI=1S/C29H46N4.C5H12/c1-21(11-7-14-30)28(25(5)26-13-15-31-24(4)17-26)18-32-27-12-8-16-33(19-27)20-29-22(2)9-6-10-23(29)3;1-4-5(2)3/h9,13,15,17,25,27,32H,6-8,10-12,14,16,18-20,30H2,1-5H3;5H,4H2,1-3H3/b28-21+;. The summed E-state index contributed by atoms with van der Waals surface area (Å²) in [6, 6.07) is 4.96. The minimum Gasteiger partial charge on any atom is -0.330 e. The second kappa shape index (κ2) is 17.0. The number of hydrogen-bond donors (Lipinski definition) is 2. The highest BCUT2D eigenvalue weighted by atomic mass is 15.2. The summed E-state index contributed by atoms with van der Waals surface area (Å²) in [7, 11) is 0. The highest BCUT2D eigenvalue weighted by Crippen LogP contribution is 2.29. The van der Waals surface area contributed by atoms with Gasteiger partial charge in [-0.2, -0.15) is 0 Å². The van der Waals surface area contributed by atoms with E-state index in [1.165, 1.54) is 60.9 Å². The first-order chi connectivity index (χ1) is 18.2. The van der Waals surface area contributed by atoms with Crippen LogP contribution in [0.5, 0.6) is 0 Å². The molecule has 2 atom stereocenters. The molecule has 0 aromatic carbocycles. The van der Waals surface area contributed by atoms with E-state index in [1.807, 2.05) is 6.20 Å². The van der Waals surface area contributed by atoms with Crippen molar-refractivity contribution in [1.82, 2.24) is 15.2 Å². The lowest BCUT2D eigenvalue weighted by atomic mass is 9.88.